The summed E-state index contributed by atoms with van der Waals surface area (Å²) in [5, 5.41) is 0. The van der Waals surface area contributed by atoms with Crippen LogP contribution in [0.25, 0.3) is 11.1 Å². The highest BCUT2D eigenvalue weighted by Crippen LogP contribution is 2.49. The molecule has 1 aliphatic carbocycles. The van der Waals surface area contributed by atoms with Crippen LogP contribution in [0.4, 0.5) is 0 Å². The van der Waals surface area contributed by atoms with E-state index in [-0.39, 0.29) is 10.8 Å². The third kappa shape index (κ3) is 4.62. The molecule has 0 N–H and O–H groups in total. The molecule has 2 aromatic rings. The molecule has 0 saturated heterocycles. The van der Waals surface area contributed by atoms with E-state index >= 15 is 0 Å². The molecule has 0 amide bonds. The van der Waals surface area contributed by atoms with Gasteiger partial charge in [0.05, 0.1) is 6.61 Å². The number of benzene rings is 2. The van der Waals surface area contributed by atoms with Crippen LogP contribution in [0, 0.1) is 0 Å². The molecule has 0 unspecified atom stereocenters. The zero-order valence-electron chi connectivity index (χ0n) is 18.6. The molecule has 0 heterocycles. The Balaban J connectivity index is 1.95. The zero-order valence-corrected chi connectivity index (χ0v) is 18.6. The molecule has 1 nitrogen and oxygen atoms in total. The van der Waals surface area contributed by atoms with Gasteiger partial charge in [0.1, 0.15) is 5.75 Å². The molecule has 3 rings (SSSR count). The first-order valence-electron chi connectivity index (χ1n) is 11.2. The molecule has 0 aliphatic heterocycles. The number of ether oxygens (including phenoxy) is 1. The van der Waals surface area contributed by atoms with Crippen LogP contribution in [0.15, 0.2) is 42.5 Å². The number of unbranched alkanes of at least 4 members (excludes halogenated alkanes) is 4. The van der Waals surface area contributed by atoms with Crippen LogP contribution >= 0.6 is 0 Å². The van der Waals surface area contributed by atoms with Gasteiger partial charge in [0, 0.05) is 5.56 Å². The number of hydrogen-bond donors (Lipinski definition) is 0. The summed E-state index contributed by atoms with van der Waals surface area (Å²) in [5.74, 6) is 1.06. The van der Waals surface area contributed by atoms with Gasteiger partial charge in [-0.3, -0.25) is 0 Å². The Morgan fingerprint density at radius 2 is 1.39 bits per heavy atom. The first-order chi connectivity index (χ1) is 13.3. The minimum Gasteiger partial charge on any atom is -0.493 e. The van der Waals surface area contributed by atoms with Crippen LogP contribution in [-0.4, -0.2) is 6.61 Å². The van der Waals surface area contributed by atoms with Crippen molar-refractivity contribution in [3.05, 3.63) is 53.6 Å². The molecule has 0 bridgehead atoms. The first kappa shape index (κ1) is 21.0. The van der Waals surface area contributed by atoms with Crippen LogP contribution in [0.2, 0.25) is 0 Å². The topological polar surface area (TPSA) is 9.23 Å². The van der Waals surface area contributed by atoms with E-state index in [2.05, 4.69) is 77.1 Å². The highest BCUT2D eigenvalue weighted by Gasteiger charge is 2.38. The van der Waals surface area contributed by atoms with Crippen LogP contribution in [0.3, 0.4) is 0 Å². The van der Waals surface area contributed by atoms with Gasteiger partial charge in [-0.15, -0.1) is 0 Å². The first-order valence-corrected chi connectivity index (χ1v) is 11.2. The van der Waals surface area contributed by atoms with E-state index in [1.54, 1.807) is 0 Å². The zero-order chi connectivity index (χ0) is 20.2. The summed E-state index contributed by atoms with van der Waals surface area (Å²) in [6, 6.07) is 15.5. The van der Waals surface area contributed by atoms with Crippen LogP contribution in [-0.2, 0) is 10.8 Å². The number of hydrogen-bond acceptors (Lipinski definition) is 1. The minimum absolute atomic E-state index is 0.208. The largest absolute Gasteiger partial charge is 0.493 e. The average molecular weight is 379 g/mol. The average Bonchev–Trinajstić information content (AvgIpc) is 2.68. The summed E-state index contributed by atoms with van der Waals surface area (Å²) in [6.45, 7) is 12.6. The third-order valence-electron chi connectivity index (χ3n) is 6.54. The maximum atomic E-state index is 6.40. The van der Waals surface area contributed by atoms with Crippen molar-refractivity contribution in [1.82, 2.24) is 0 Å². The molecule has 1 heteroatoms. The van der Waals surface area contributed by atoms with Crippen LogP contribution in [0.5, 0.6) is 5.75 Å². The van der Waals surface area contributed by atoms with Crippen molar-refractivity contribution in [2.24, 2.45) is 0 Å². The van der Waals surface area contributed by atoms with E-state index in [0.29, 0.717) is 0 Å². The smallest absolute Gasteiger partial charge is 0.127 e. The fourth-order valence-electron chi connectivity index (χ4n) is 4.44. The normalized spacial score (nSPS) is 17.2. The second-order valence-corrected chi connectivity index (χ2v) is 9.79. The lowest BCUT2D eigenvalue weighted by atomic mass is 9.62. The minimum atomic E-state index is 0.208. The molecule has 28 heavy (non-hydrogen) atoms. The van der Waals surface area contributed by atoms with Gasteiger partial charge >= 0.3 is 0 Å². The molecule has 0 fully saturated rings. The molecule has 0 spiro atoms. The van der Waals surface area contributed by atoms with Crippen molar-refractivity contribution in [3.8, 4) is 16.9 Å². The predicted molar refractivity (Wildman–Crippen MR) is 121 cm³/mol. The Kier molecular flexibility index (Phi) is 6.53. The molecule has 1 aliphatic rings. The van der Waals surface area contributed by atoms with E-state index in [1.165, 1.54) is 60.8 Å². The van der Waals surface area contributed by atoms with Gasteiger partial charge in [0.25, 0.3) is 0 Å². The van der Waals surface area contributed by atoms with Gasteiger partial charge in [0.15, 0.2) is 0 Å². The molecule has 152 valence electrons. The van der Waals surface area contributed by atoms with E-state index in [1.807, 2.05) is 0 Å². The second kappa shape index (κ2) is 8.72. The van der Waals surface area contributed by atoms with Crippen molar-refractivity contribution in [2.45, 2.75) is 90.4 Å². The molecule has 2 aromatic carbocycles. The number of fused-ring (bicyclic) bond motifs is 1. The summed E-state index contributed by atoms with van der Waals surface area (Å²) < 4.78 is 6.40. The Morgan fingerprint density at radius 3 is 2.04 bits per heavy atom. The summed E-state index contributed by atoms with van der Waals surface area (Å²) in [6.07, 6.45) is 8.80. The summed E-state index contributed by atoms with van der Waals surface area (Å²) in [7, 11) is 0. The van der Waals surface area contributed by atoms with Crippen molar-refractivity contribution < 1.29 is 4.74 Å². The lowest BCUT2D eigenvalue weighted by Crippen LogP contribution is -2.34. The van der Waals surface area contributed by atoms with Crippen molar-refractivity contribution >= 4 is 0 Å². The molecular weight excluding hydrogens is 340 g/mol. The highest BCUT2D eigenvalue weighted by molar-refractivity contribution is 5.73. The van der Waals surface area contributed by atoms with E-state index in [0.717, 1.165) is 18.8 Å². The molecule has 0 radical (unpaired) electrons. The monoisotopic (exact) mass is 378 g/mol. The van der Waals surface area contributed by atoms with Crippen LogP contribution < -0.4 is 4.74 Å². The lowest BCUT2D eigenvalue weighted by molar-refractivity contribution is 0.299. The maximum absolute atomic E-state index is 6.40. The van der Waals surface area contributed by atoms with Crippen molar-refractivity contribution in [2.75, 3.05) is 6.61 Å². The van der Waals surface area contributed by atoms with E-state index in [9.17, 15) is 0 Å². The molecule has 0 atom stereocenters. The summed E-state index contributed by atoms with van der Waals surface area (Å²) in [5.41, 5.74) is 5.90. The van der Waals surface area contributed by atoms with Crippen LogP contribution in [0.1, 0.15) is 90.7 Å². The lowest BCUT2D eigenvalue weighted by Gasteiger charge is -2.42. The van der Waals surface area contributed by atoms with Gasteiger partial charge < -0.3 is 4.74 Å². The Bertz CT molecular complexity index is 770. The summed E-state index contributed by atoms with van der Waals surface area (Å²) in [4.78, 5) is 0. The predicted octanol–water partition coefficient (Wildman–Crippen LogP) is 8.05. The summed E-state index contributed by atoms with van der Waals surface area (Å²) >= 11 is 0. The van der Waals surface area contributed by atoms with Gasteiger partial charge in [-0.25, -0.2) is 0 Å². The van der Waals surface area contributed by atoms with Crippen molar-refractivity contribution in [1.29, 1.82) is 0 Å². The molecular formula is C27H38O. The fourth-order valence-corrected chi connectivity index (χ4v) is 4.44. The van der Waals surface area contributed by atoms with Gasteiger partial charge in [-0.05, 0) is 58.9 Å². The van der Waals surface area contributed by atoms with Gasteiger partial charge in [0.2, 0.25) is 0 Å². The Labute approximate surface area is 172 Å². The fraction of sp³-hybridized carbons (Fsp3) is 0.556. The third-order valence-corrected chi connectivity index (χ3v) is 6.54. The van der Waals surface area contributed by atoms with Gasteiger partial charge in [-0.1, -0.05) is 90.6 Å². The molecule has 0 saturated carbocycles. The Morgan fingerprint density at radius 1 is 0.786 bits per heavy atom. The van der Waals surface area contributed by atoms with E-state index in [4.69, 9.17) is 4.74 Å². The Hall–Kier alpha value is -1.76. The number of rotatable bonds is 8. The van der Waals surface area contributed by atoms with Gasteiger partial charge in [-0.2, -0.15) is 0 Å². The quantitative estimate of drug-likeness (QED) is 0.422. The highest BCUT2D eigenvalue weighted by atomic mass is 16.5. The van der Waals surface area contributed by atoms with E-state index < -0.39 is 0 Å². The SMILES string of the molecule is CCCCCCCOc1cc2c(cc1-c1ccccc1)C(C)(C)CCC2(C)C. The van der Waals surface area contributed by atoms with Crippen molar-refractivity contribution in [3.63, 3.8) is 0 Å². The maximum Gasteiger partial charge on any atom is 0.127 e. The molecule has 0 aromatic heterocycles. The second-order valence-electron chi connectivity index (χ2n) is 9.79. The standard InChI is InChI=1S/C27H38O/c1-6-7-8-9-13-18-28-25-20-24-23(26(2,3)16-17-27(24,4)5)19-22(25)21-14-11-10-12-15-21/h10-12,14-15,19-20H,6-9,13,16-18H2,1-5H3.